The van der Waals surface area contributed by atoms with Crippen molar-refractivity contribution in [2.24, 2.45) is 0 Å². The summed E-state index contributed by atoms with van der Waals surface area (Å²) in [7, 11) is 1.67. The van der Waals surface area contributed by atoms with Gasteiger partial charge < -0.3 is 10.1 Å². The number of nitrogens with zero attached hydrogens (tertiary/aromatic N) is 4. The molecule has 5 aromatic rings. The predicted octanol–water partition coefficient (Wildman–Crippen LogP) is 4.57. The van der Waals surface area contributed by atoms with Crippen molar-refractivity contribution >= 4 is 22.4 Å². The number of hydrogen-bond donors (Lipinski definition) is 1. The molecule has 0 radical (unpaired) electrons. The van der Waals surface area contributed by atoms with Gasteiger partial charge in [-0.05, 0) is 29.8 Å². The maximum atomic E-state index is 5.33. The zero-order valence-electron chi connectivity index (χ0n) is 15.9. The largest absolute Gasteiger partial charge is 0.497 e. The number of anilines is 1. The molecule has 0 atom stereocenters. The van der Waals surface area contributed by atoms with Gasteiger partial charge in [0.15, 0.2) is 5.65 Å². The van der Waals surface area contributed by atoms with Gasteiger partial charge in [-0.2, -0.15) is 4.52 Å². The van der Waals surface area contributed by atoms with Crippen molar-refractivity contribution < 1.29 is 4.74 Å². The Kier molecular flexibility index (Phi) is 4.29. The molecular weight excluding hydrogens is 362 g/mol. The van der Waals surface area contributed by atoms with E-state index < -0.39 is 0 Å². The summed E-state index contributed by atoms with van der Waals surface area (Å²) in [5.74, 6) is 1.64. The van der Waals surface area contributed by atoms with Gasteiger partial charge >= 0.3 is 0 Å². The Hall–Kier alpha value is -3.93. The molecule has 0 saturated heterocycles. The molecule has 5 rings (SSSR count). The van der Waals surface area contributed by atoms with Crippen molar-refractivity contribution in [3.63, 3.8) is 0 Å². The van der Waals surface area contributed by atoms with Gasteiger partial charge in [0.25, 0.3) is 0 Å². The number of hydrogen-bond acceptors (Lipinski definition) is 5. The normalized spacial score (nSPS) is 11.1. The smallest absolute Gasteiger partial charge is 0.186 e. The van der Waals surface area contributed by atoms with Gasteiger partial charge in [-0.1, -0.05) is 59.8 Å². The van der Waals surface area contributed by atoms with Gasteiger partial charge in [-0.3, -0.25) is 0 Å². The van der Waals surface area contributed by atoms with Gasteiger partial charge in [0, 0.05) is 17.5 Å². The number of fused-ring (bicyclic) bond motifs is 3. The van der Waals surface area contributed by atoms with Crippen LogP contribution >= 0.6 is 0 Å². The maximum absolute atomic E-state index is 5.33. The van der Waals surface area contributed by atoms with Gasteiger partial charge in [0.05, 0.1) is 12.6 Å². The molecule has 3 aromatic carbocycles. The SMILES string of the molecule is COc1cccc(CNc2nc3c(-c4ccccc4)nnn3c3ccccc23)c1. The zero-order chi connectivity index (χ0) is 19.6. The first kappa shape index (κ1) is 17.2. The lowest BCUT2D eigenvalue weighted by atomic mass is 10.1. The fourth-order valence-electron chi connectivity index (χ4n) is 3.45. The molecule has 0 aliphatic heterocycles. The van der Waals surface area contributed by atoms with E-state index in [9.17, 15) is 0 Å². The van der Waals surface area contributed by atoms with Crippen LogP contribution in [0.4, 0.5) is 5.82 Å². The van der Waals surface area contributed by atoms with Gasteiger partial charge in [0.2, 0.25) is 0 Å². The van der Waals surface area contributed by atoms with Crippen LogP contribution in [-0.2, 0) is 6.54 Å². The lowest BCUT2D eigenvalue weighted by Crippen LogP contribution is -2.05. The lowest BCUT2D eigenvalue weighted by Gasteiger charge is -2.11. The third-order valence-corrected chi connectivity index (χ3v) is 4.89. The standard InChI is InChI=1S/C23H19N5O/c1-29-18-11-7-8-16(14-18)15-24-22-19-12-5-6-13-20(19)28-23(25-22)21(26-27-28)17-9-3-2-4-10-17/h2-14H,15H2,1H3,(H,24,25). The molecule has 0 aliphatic rings. The summed E-state index contributed by atoms with van der Waals surface area (Å²) >= 11 is 0. The Morgan fingerprint density at radius 3 is 2.62 bits per heavy atom. The first-order valence-electron chi connectivity index (χ1n) is 9.40. The van der Waals surface area contributed by atoms with Crippen LogP contribution < -0.4 is 10.1 Å². The molecular formula is C23H19N5O. The monoisotopic (exact) mass is 381 g/mol. The Labute approximate surface area is 167 Å². The molecule has 0 saturated carbocycles. The molecule has 0 spiro atoms. The van der Waals surface area contributed by atoms with Crippen LogP contribution in [0.1, 0.15) is 5.56 Å². The molecule has 142 valence electrons. The Bertz CT molecular complexity index is 1300. The second-order valence-electron chi connectivity index (χ2n) is 6.72. The van der Waals surface area contributed by atoms with Crippen molar-refractivity contribution in [1.29, 1.82) is 0 Å². The fraction of sp³-hybridized carbons (Fsp3) is 0.0870. The molecule has 1 N–H and O–H groups in total. The van der Waals surface area contributed by atoms with Crippen molar-refractivity contribution in [2.75, 3.05) is 12.4 Å². The van der Waals surface area contributed by atoms with E-state index >= 15 is 0 Å². The molecule has 0 bridgehead atoms. The topological polar surface area (TPSA) is 64.3 Å². The highest BCUT2D eigenvalue weighted by atomic mass is 16.5. The Balaban J connectivity index is 1.61. The van der Waals surface area contributed by atoms with E-state index in [1.54, 1.807) is 11.6 Å². The number of methoxy groups -OCH3 is 1. The average Bonchev–Trinajstić information content (AvgIpc) is 3.22. The number of nitrogens with one attached hydrogen (secondary N) is 1. The second kappa shape index (κ2) is 7.24. The maximum Gasteiger partial charge on any atom is 0.186 e. The Morgan fingerprint density at radius 1 is 0.931 bits per heavy atom. The molecule has 6 heteroatoms. The molecule has 0 amide bonds. The van der Waals surface area contributed by atoms with Crippen LogP contribution in [0.25, 0.3) is 27.8 Å². The van der Waals surface area contributed by atoms with Crippen LogP contribution in [-0.4, -0.2) is 26.9 Å². The summed E-state index contributed by atoms with van der Waals surface area (Å²) in [6.07, 6.45) is 0. The number of para-hydroxylation sites is 1. The summed E-state index contributed by atoms with van der Waals surface area (Å²) in [6, 6.07) is 26.1. The first-order chi connectivity index (χ1) is 14.3. The van der Waals surface area contributed by atoms with E-state index in [1.807, 2.05) is 72.8 Å². The summed E-state index contributed by atoms with van der Waals surface area (Å²) in [4.78, 5) is 4.89. The summed E-state index contributed by atoms with van der Waals surface area (Å²) in [5, 5.41) is 13.2. The van der Waals surface area contributed by atoms with Crippen molar-refractivity contribution in [3.8, 4) is 17.0 Å². The molecule has 0 fully saturated rings. The van der Waals surface area contributed by atoms with E-state index in [0.29, 0.717) is 6.54 Å². The molecule has 0 aliphatic carbocycles. The summed E-state index contributed by atoms with van der Waals surface area (Å²) in [5.41, 5.74) is 4.55. The second-order valence-corrected chi connectivity index (χ2v) is 6.72. The van der Waals surface area contributed by atoms with Crippen LogP contribution in [0, 0.1) is 0 Å². The highest BCUT2D eigenvalue weighted by Gasteiger charge is 2.15. The van der Waals surface area contributed by atoms with Crippen LogP contribution in [0.3, 0.4) is 0 Å². The highest BCUT2D eigenvalue weighted by Crippen LogP contribution is 2.28. The minimum Gasteiger partial charge on any atom is -0.497 e. The van der Waals surface area contributed by atoms with Crippen LogP contribution in [0.2, 0.25) is 0 Å². The van der Waals surface area contributed by atoms with Gasteiger partial charge in [-0.15, -0.1) is 5.10 Å². The predicted molar refractivity (Wildman–Crippen MR) is 114 cm³/mol. The van der Waals surface area contributed by atoms with Crippen molar-refractivity contribution in [3.05, 3.63) is 84.4 Å². The quantitative estimate of drug-likeness (QED) is 0.483. The Morgan fingerprint density at radius 2 is 1.76 bits per heavy atom. The van der Waals surface area contributed by atoms with Gasteiger partial charge in [-0.25, -0.2) is 4.98 Å². The van der Waals surface area contributed by atoms with E-state index in [1.165, 1.54) is 0 Å². The molecule has 29 heavy (non-hydrogen) atoms. The van der Waals surface area contributed by atoms with E-state index in [-0.39, 0.29) is 0 Å². The molecule has 2 heterocycles. The van der Waals surface area contributed by atoms with Crippen molar-refractivity contribution in [2.45, 2.75) is 6.54 Å². The minimum atomic E-state index is 0.632. The minimum absolute atomic E-state index is 0.632. The highest BCUT2D eigenvalue weighted by molar-refractivity contribution is 5.93. The average molecular weight is 381 g/mol. The molecule has 6 nitrogen and oxygen atoms in total. The van der Waals surface area contributed by atoms with Crippen LogP contribution in [0.5, 0.6) is 5.75 Å². The van der Waals surface area contributed by atoms with E-state index in [4.69, 9.17) is 9.72 Å². The number of benzene rings is 3. The first-order valence-corrected chi connectivity index (χ1v) is 9.40. The molecule has 2 aromatic heterocycles. The third kappa shape index (κ3) is 3.14. The summed E-state index contributed by atoms with van der Waals surface area (Å²) in [6.45, 7) is 0.632. The lowest BCUT2D eigenvalue weighted by molar-refractivity contribution is 0.414. The van der Waals surface area contributed by atoms with E-state index in [2.05, 4.69) is 21.7 Å². The third-order valence-electron chi connectivity index (χ3n) is 4.89. The van der Waals surface area contributed by atoms with Gasteiger partial charge in [0.1, 0.15) is 17.3 Å². The molecule has 0 unspecified atom stereocenters. The fourth-order valence-corrected chi connectivity index (χ4v) is 3.45. The van der Waals surface area contributed by atoms with Crippen molar-refractivity contribution in [1.82, 2.24) is 19.8 Å². The zero-order valence-corrected chi connectivity index (χ0v) is 15.9. The summed E-state index contributed by atoms with van der Waals surface area (Å²) < 4.78 is 7.13. The number of rotatable bonds is 5. The number of aromatic nitrogens is 4. The number of ether oxygens (including phenoxy) is 1. The van der Waals surface area contributed by atoms with E-state index in [0.717, 1.165) is 44.9 Å². The van der Waals surface area contributed by atoms with Crippen LogP contribution in [0.15, 0.2) is 78.9 Å².